The molecule has 14 heavy (non-hydrogen) atoms. The van der Waals surface area contributed by atoms with Crippen molar-refractivity contribution in [2.24, 2.45) is 0 Å². The average Bonchev–Trinajstić information content (AvgIpc) is 2.72. The van der Waals surface area contributed by atoms with Crippen molar-refractivity contribution in [2.75, 3.05) is 5.73 Å². The fraction of sp³-hybridized carbons (Fsp3) is 0.250. The Labute approximate surface area is 89.5 Å². The van der Waals surface area contributed by atoms with Crippen LogP contribution in [-0.4, -0.2) is 10.1 Å². The summed E-state index contributed by atoms with van der Waals surface area (Å²) >= 11 is 3.17. The molecule has 0 amide bonds. The van der Waals surface area contributed by atoms with Gasteiger partial charge in [0.1, 0.15) is 5.76 Å². The highest BCUT2D eigenvalue weighted by molar-refractivity contribution is 8.00. The van der Waals surface area contributed by atoms with E-state index in [-0.39, 0.29) is 0 Å². The van der Waals surface area contributed by atoms with Crippen LogP contribution in [0.15, 0.2) is 21.0 Å². The number of hydrogen-bond donors (Lipinski definition) is 1. The number of thioether (sulfide) groups is 1. The fourth-order valence-electron chi connectivity index (χ4n) is 0.990. The molecule has 0 bridgehead atoms. The third-order valence-corrected chi connectivity index (χ3v) is 3.98. The van der Waals surface area contributed by atoms with Gasteiger partial charge in [0.15, 0.2) is 5.13 Å². The molecule has 2 heterocycles. The number of aromatic nitrogens is 2. The molecular formula is C8H9N3OS2. The van der Waals surface area contributed by atoms with E-state index in [0.29, 0.717) is 5.13 Å². The van der Waals surface area contributed by atoms with E-state index in [0.717, 1.165) is 21.4 Å². The van der Waals surface area contributed by atoms with Crippen LogP contribution in [0.5, 0.6) is 0 Å². The van der Waals surface area contributed by atoms with E-state index in [1.54, 1.807) is 18.0 Å². The molecule has 0 aliphatic carbocycles. The van der Waals surface area contributed by atoms with E-state index >= 15 is 0 Å². The van der Waals surface area contributed by atoms with Crippen molar-refractivity contribution in [2.45, 2.75) is 16.9 Å². The minimum Gasteiger partial charge on any atom is -0.375 e. The second-order valence-corrected chi connectivity index (χ2v) is 4.97. The van der Waals surface area contributed by atoms with E-state index in [2.05, 4.69) is 10.1 Å². The van der Waals surface area contributed by atoms with Crippen LogP contribution in [0.2, 0.25) is 0 Å². The predicted octanol–water partition coefficient (Wildman–Crippen LogP) is 2.31. The normalized spacial score (nSPS) is 10.6. The van der Waals surface area contributed by atoms with Crippen molar-refractivity contribution in [3.8, 4) is 0 Å². The summed E-state index contributed by atoms with van der Waals surface area (Å²) in [5, 5.41) is 4.25. The lowest BCUT2D eigenvalue weighted by molar-refractivity contribution is 0.395. The highest BCUT2D eigenvalue weighted by atomic mass is 32.2. The molecule has 0 aliphatic rings. The lowest BCUT2D eigenvalue weighted by atomic mass is 10.5. The lowest BCUT2D eigenvalue weighted by Gasteiger charge is -1.94. The topological polar surface area (TPSA) is 64.9 Å². The summed E-state index contributed by atoms with van der Waals surface area (Å²) in [6.45, 7) is 1.95. The van der Waals surface area contributed by atoms with Crippen LogP contribution in [0.25, 0.3) is 0 Å². The van der Waals surface area contributed by atoms with Crippen LogP contribution in [-0.2, 0) is 5.75 Å². The fourth-order valence-corrected chi connectivity index (χ4v) is 2.90. The lowest BCUT2D eigenvalue weighted by Crippen LogP contribution is -1.80. The smallest absolute Gasteiger partial charge is 0.181 e. The second-order valence-electron chi connectivity index (χ2n) is 2.69. The molecule has 0 aromatic carbocycles. The molecule has 0 aliphatic heterocycles. The highest BCUT2D eigenvalue weighted by Gasteiger charge is 2.07. The summed E-state index contributed by atoms with van der Waals surface area (Å²) in [7, 11) is 0. The zero-order valence-electron chi connectivity index (χ0n) is 7.56. The molecule has 0 spiro atoms. The quantitative estimate of drug-likeness (QED) is 0.815. The van der Waals surface area contributed by atoms with Gasteiger partial charge in [-0.05, 0) is 6.92 Å². The van der Waals surface area contributed by atoms with Gasteiger partial charge in [0.25, 0.3) is 0 Å². The summed E-state index contributed by atoms with van der Waals surface area (Å²) in [6.07, 6.45) is 1.64. The summed E-state index contributed by atoms with van der Waals surface area (Å²) in [5.74, 6) is 1.63. The summed E-state index contributed by atoms with van der Waals surface area (Å²) in [5.41, 5.74) is 6.57. The highest BCUT2D eigenvalue weighted by Crippen LogP contribution is 2.32. The molecule has 0 unspecified atom stereocenters. The molecular weight excluding hydrogens is 218 g/mol. The Morgan fingerprint density at radius 2 is 2.50 bits per heavy atom. The molecule has 2 aromatic heterocycles. The number of thiazole rings is 1. The Hall–Kier alpha value is -1.01. The molecule has 2 rings (SSSR count). The number of nitrogens with zero attached hydrogens (tertiary/aromatic N) is 2. The van der Waals surface area contributed by atoms with Crippen molar-refractivity contribution in [3.05, 3.63) is 23.7 Å². The maximum atomic E-state index is 5.59. The molecule has 0 fully saturated rings. The van der Waals surface area contributed by atoms with Gasteiger partial charge >= 0.3 is 0 Å². The summed E-state index contributed by atoms with van der Waals surface area (Å²) < 4.78 is 6.12. The van der Waals surface area contributed by atoms with E-state index in [4.69, 9.17) is 10.3 Å². The molecule has 0 radical (unpaired) electrons. The van der Waals surface area contributed by atoms with Gasteiger partial charge in [-0.2, -0.15) is 0 Å². The van der Waals surface area contributed by atoms with E-state index < -0.39 is 0 Å². The van der Waals surface area contributed by atoms with Gasteiger partial charge in [-0.3, -0.25) is 0 Å². The maximum absolute atomic E-state index is 5.59. The number of anilines is 1. The third-order valence-electron chi connectivity index (χ3n) is 1.61. The van der Waals surface area contributed by atoms with E-state index in [1.165, 1.54) is 11.3 Å². The predicted molar refractivity (Wildman–Crippen MR) is 57.3 cm³/mol. The van der Waals surface area contributed by atoms with Crippen molar-refractivity contribution in [3.63, 3.8) is 0 Å². The van der Waals surface area contributed by atoms with Gasteiger partial charge in [-0.15, -0.1) is 11.8 Å². The van der Waals surface area contributed by atoms with Crippen LogP contribution in [0.4, 0.5) is 5.13 Å². The number of nitrogens with two attached hydrogens (primary N) is 1. The standard InChI is InChI=1S/C8H9N3OS2/c1-5-7(14-8(9)11-5)13-4-6-2-3-10-12-6/h2-3H,4H2,1H3,(H2,9,11). The number of aryl methyl sites for hydroxylation is 1. The Kier molecular flexibility index (Phi) is 2.74. The van der Waals surface area contributed by atoms with E-state index in [1.807, 2.05) is 13.0 Å². The molecule has 0 atom stereocenters. The second kappa shape index (κ2) is 4.02. The van der Waals surface area contributed by atoms with Crippen molar-refractivity contribution in [1.82, 2.24) is 10.1 Å². The molecule has 0 saturated heterocycles. The monoisotopic (exact) mass is 227 g/mol. The minimum atomic E-state index is 0.613. The molecule has 74 valence electrons. The largest absolute Gasteiger partial charge is 0.375 e. The first kappa shape index (κ1) is 9.54. The van der Waals surface area contributed by atoms with Crippen molar-refractivity contribution in [1.29, 1.82) is 0 Å². The molecule has 4 nitrogen and oxygen atoms in total. The first-order valence-corrected chi connectivity index (χ1v) is 5.81. The first-order valence-electron chi connectivity index (χ1n) is 4.01. The van der Waals surface area contributed by atoms with Gasteiger partial charge in [0.2, 0.25) is 0 Å². The number of hydrogen-bond acceptors (Lipinski definition) is 6. The van der Waals surface area contributed by atoms with Crippen LogP contribution in [0.1, 0.15) is 11.5 Å². The number of rotatable bonds is 3. The first-order chi connectivity index (χ1) is 6.75. The molecule has 2 N–H and O–H groups in total. The average molecular weight is 227 g/mol. The van der Waals surface area contributed by atoms with Crippen LogP contribution in [0, 0.1) is 6.92 Å². The van der Waals surface area contributed by atoms with Crippen LogP contribution in [0.3, 0.4) is 0 Å². The SMILES string of the molecule is Cc1nc(N)sc1SCc1ccno1. The molecule has 0 saturated carbocycles. The van der Waals surface area contributed by atoms with Crippen LogP contribution >= 0.6 is 23.1 Å². The van der Waals surface area contributed by atoms with Gasteiger partial charge in [-0.1, -0.05) is 16.5 Å². The van der Waals surface area contributed by atoms with Gasteiger partial charge in [0.05, 0.1) is 21.9 Å². The summed E-state index contributed by atoms with van der Waals surface area (Å²) in [6, 6.07) is 1.85. The zero-order chi connectivity index (χ0) is 9.97. The third kappa shape index (κ3) is 2.08. The van der Waals surface area contributed by atoms with Crippen molar-refractivity contribution >= 4 is 28.2 Å². The summed E-state index contributed by atoms with van der Waals surface area (Å²) in [4.78, 5) is 4.14. The Bertz CT molecular complexity index is 410. The Balaban J connectivity index is 2.01. The number of nitrogen functional groups attached to an aromatic ring is 1. The van der Waals surface area contributed by atoms with Crippen molar-refractivity contribution < 1.29 is 4.52 Å². The van der Waals surface area contributed by atoms with Gasteiger partial charge in [0, 0.05) is 6.07 Å². The minimum absolute atomic E-state index is 0.613. The molecule has 2 aromatic rings. The Morgan fingerprint density at radius 3 is 3.07 bits per heavy atom. The maximum Gasteiger partial charge on any atom is 0.181 e. The zero-order valence-corrected chi connectivity index (χ0v) is 9.19. The van der Waals surface area contributed by atoms with Gasteiger partial charge < -0.3 is 10.3 Å². The Morgan fingerprint density at radius 1 is 1.64 bits per heavy atom. The molecule has 6 heteroatoms. The van der Waals surface area contributed by atoms with Crippen LogP contribution < -0.4 is 5.73 Å². The van der Waals surface area contributed by atoms with E-state index in [9.17, 15) is 0 Å². The van der Waals surface area contributed by atoms with Gasteiger partial charge in [-0.25, -0.2) is 4.98 Å².